The zero-order chi connectivity index (χ0) is 23.9. The van der Waals surface area contributed by atoms with Crippen LogP contribution in [0.5, 0.6) is 0 Å². The SMILES string of the molecule is CC[C@@H](C(=O)NC(C)(C)C)N(Cc1ccc(Cl)cc1Cl)C(=O)CCSc1ccc(C)cc1. The maximum atomic E-state index is 13.3. The van der Waals surface area contributed by atoms with Crippen LogP contribution in [0.2, 0.25) is 10.0 Å². The molecule has 0 saturated carbocycles. The van der Waals surface area contributed by atoms with E-state index in [1.54, 1.807) is 34.9 Å². The molecule has 174 valence electrons. The predicted octanol–water partition coefficient (Wildman–Crippen LogP) is 6.51. The molecule has 2 aromatic rings. The Morgan fingerprint density at radius 2 is 1.75 bits per heavy atom. The highest BCUT2D eigenvalue weighted by atomic mass is 35.5. The van der Waals surface area contributed by atoms with E-state index in [1.165, 1.54) is 5.56 Å². The average molecular weight is 496 g/mol. The Labute approximate surface area is 206 Å². The number of rotatable bonds is 9. The maximum absolute atomic E-state index is 13.3. The van der Waals surface area contributed by atoms with Gasteiger partial charge in [0.2, 0.25) is 11.8 Å². The van der Waals surface area contributed by atoms with Gasteiger partial charge in [-0.3, -0.25) is 9.59 Å². The van der Waals surface area contributed by atoms with Gasteiger partial charge in [-0.25, -0.2) is 0 Å². The molecule has 0 radical (unpaired) electrons. The van der Waals surface area contributed by atoms with E-state index in [2.05, 4.69) is 29.6 Å². The normalized spacial score (nSPS) is 12.3. The number of halogens is 2. The van der Waals surface area contributed by atoms with Crippen molar-refractivity contribution in [3.63, 3.8) is 0 Å². The Morgan fingerprint density at radius 1 is 1.09 bits per heavy atom. The number of benzene rings is 2. The molecule has 0 aliphatic heterocycles. The molecule has 0 bridgehead atoms. The molecule has 0 aliphatic carbocycles. The smallest absolute Gasteiger partial charge is 0.243 e. The Hall–Kier alpha value is -1.69. The van der Waals surface area contributed by atoms with E-state index >= 15 is 0 Å². The van der Waals surface area contributed by atoms with Crippen molar-refractivity contribution in [2.75, 3.05) is 5.75 Å². The fraction of sp³-hybridized carbons (Fsp3) is 0.440. The van der Waals surface area contributed by atoms with Crippen molar-refractivity contribution in [1.29, 1.82) is 0 Å². The first-order valence-corrected chi connectivity index (χ1v) is 12.5. The first kappa shape index (κ1) is 26.6. The molecule has 0 saturated heterocycles. The summed E-state index contributed by atoms with van der Waals surface area (Å²) in [7, 11) is 0. The quantitative estimate of drug-likeness (QED) is 0.404. The summed E-state index contributed by atoms with van der Waals surface area (Å²) in [6.45, 7) is 10.00. The summed E-state index contributed by atoms with van der Waals surface area (Å²) >= 11 is 14.0. The number of carbonyl (C=O) groups excluding carboxylic acids is 2. The van der Waals surface area contributed by atoms with Gasteiger partial charge in [0.1, 0.15) is 6.04 Å². The van der Waals surface area contributed by atoms with Gasteiger partial charge >= 0.3 is 0 Å². The van der Waals surface area contributed by atoms with Crippen molar-refractivity contribution < 1.29 is 9.59 Å². The zero-order valence-electron chi connectivity index (χ0n) is 19.4. The fourth-order valence-electron chi connectivity index (χ4n) is 3.24. The van der Waals surface area contributed by atoms with Crippen molar-refractivity contribution >= 4 is 46.8 Å². The van der Waals surface area contributed by atoms with Crippen molar-refractivity contribution in [2.45, 2.75) is 70.5 Å². The van der Waals surface area contributed by atoms with Crippen LogP contribution in [0.4, 0.5) is 0 Å². The lowest BCUT2D eigenvalue weighted by molar-refractivity contribution is -0.141. The van der Waals surface area contributed by atoms with Crippen LogP contribution < -0.4 is 5.32 Å². The number of nitrogens with zero attached hydrogens (tertiary/aromatic N) is 1. The summed E-state index contributed by atoms with van der Waals surface area (Å²) in [6.07, 6.45) is 0.826. The van der Waals surface area contributed by atoms with Gasteiger partial charge in [0.25, 0.3) is 0 Å². The van der Waals surface area contributed by atoms with Gasteiger partial charge in [0.05, 0.1) is 0 Å². The highest BCUT2D eigenvalue weighted by Crippen LogP contribution is 2.25. The summed E-state index contributed by atoms with van der Waals surface area (Å²) in [5, 5.41) is 4.02. The molecule has 2 rings (SSSR count). The number of amides is 2. The second-order valence-electron chi connectivity index (χ2n) is 8.83. The Balaban J connectivity index is 2.19. The molecule has 4 nitrogen and oxygen atoms in total. The first-order chi connectivity index (χ1) is 15.0. The van der Waals surface area contributed by atoms with Crippen molar-refractivity contribution in [3.05, 3.63) is 63.6 Å². The molecule has 7 heteroatoms. The van der Waals surface area contributed by atoms with Gasteiger partial charge in [-0.2, -0.15) is 0 Å². The molecule has 0 aliphatic rings. The van der Waals surface area contributed by atoms with Crippen LogP contribution in [0, 0.1) is 6.92 Å². The van der Waals surface area contributed by atoms with Gasteiger partial charge in [-0.1, -0.05) is 53.9 Å². The monoisotopic (exact) mass is 494 g/mol. The van der Waals surface area contributed by atoms with E-state index in [1.807, 2.05) is 34.6 Å². The molecule has 0 spiro atoms. The van der Waals surface area contributed by atoms with Gasteiger partial charge in [-0.15, -0.1) is 11.8 Å². The number of aryl methyl sites for hydroxylation is 1. The van der Waals surface area contributed by atoms with E-state index < -0.39 is 11.6 Å². The molecule has 2 aromatic carbocycles. The topological polar surface area (TPSA) is 49.4 Å². The average Bonchev–Trinajstić information content (AvgIpc) is 2.69. The second kappa shape index (κ2) is 12.0. The van der Waals surface area contributed by atoms with Crippen LogP contribution in [0.1, 0.15) is 51.7 Å². The number of hydrogen-bond donors (Lipinski definition) is 1. The summed E-state index contributed by atoms with van der Waals surface area (Å²) in [6, 6.07) is 12.9. The predicted molar refractivity (Wildman–Crippen MR) is 136 cm³/mol. The molecular formula is C25H32Cl2N2O2S. The second-order valence-corrected chi connectivity index (χ2v) is 10.8. The Morgan fingerprint density at radius 3 is 2.31 bits per heavy atom. The van der Waals surface area contributed by atoms with Crippen LogP contribution in [-0.2, 0) is 16.1 Å². The molecular weight excluding hydrogens is 463 g/mol. The lowest BCUT2D eigenvalue weighted by Gasteiger charge is -2.33. The van der Waals surface area contributed by atoms with E-state index in [0.29, 0.717) is 28.6 Å². The summed E-state index contributed by atoms with van der Waals surface area (Å²) < 4.78 is 0. The number of hydrogen-bond acceptors (Lipinski definition) is 3. The molecule has 1 atom stereocenters. The summed E-state index contributed by atoms with van der Waals surface area (Å²) in [5.74, 6) is 0.389. The Bertz CT molecular complexity index is 927. The van der Waals surface area contributed by atoms with E-state index in [0.717, 1.165) is 10.5 Å². The van der Waals surface area contributed by atoms with Gasteiger partial charge in [0.15, 0.2) is 0 Å². The molecule has 0 unspecified atom stereocenters. The number of thioether (sulfide) groups is 1. The summed E-state index contributed by atoms with van der Waals surface area (Å²) in [5.41, 5.74) is 1.57. The fourth-order valence-corrected chi connectivity index (χ4v) is 4.55. The van der Waals surface area contributed by atoms with Crippen molar-refractivity contribution in [2.24, 2.45) is 0 Å². The van der Waals surface area contributed by atoms with Crippen molar-refractivity contribution in [1.82, 2.24) is 10.2 Å². The minimum atomic E-state index is -0.585. The third-order valence-corrected chi connectivity index (χ3v) is 6.45. The highest BCUT2D eigenvalue weighted by Gasteiger charge is 2.30. The number of carbonyl (C=O) groups is 2. The molecule has 0 fully saturated rings. The number of nitrogens with one attached hydrogen (secondary N) is 1. The van der Waals surface area contributed by atoms with Crippen molar-refractivity contribution in [3.8, 4) is 0 Å². The molecule has 0 heterocycles. The van der Waals surface area contributed by atoms with Crippen LogP contribution in [0.3, 0.4) is 0 Å². The van der Waals surface area contributed by atoms with Crippen LogP contribution in [-0.4, -0.2) is 34.0 Å². The lowest BCUT2D eigenvalue weighted by Crippen LogP contribution is -2.53. The highest BCUT2D eigenvalue weighted by molar-refractivity contribution is 7.99. The first-order valence-electron chi connectivity index (χ1n) is 10.7. The van der Waals surface area contributed by atoms with Gasteiger partial charge in [-0.05, 0) is 63.9 Å². The molecule has 0 aromatic heterocycles. The summed E-state index contributed by atoms with van der Waals surface area (Å²) in [4.78, 5) is 29.1. The minimum absolute atomic E-state index is 0.0773. The van der Waals surface area contributed by atoms with E-state index in [-0.39, 0.29) is 18.4 Å². The zero-order valence-corrected chi connectivity index (χ0v) is 21.7. The van der Waals surface area contributed by atoms with Crippen LogP contribution in [0.15, 0.2) is 47.4 Å². The third-order valence-electron chi connectivity index (χ3n) is 4.85. The molecule has 32 heavy (non-hydrogen) atoms. The third kappa shape index (κ3) is 8.34. The largest absolute Gasteiger partial charge is 0.350 e. The van der Waals surface area contributed by atoms with Crippen LogP contribution >= 0.6 is 35.0 Å². The maximum Gasteiger partial charge on any atom is 0.243 e. The standard InChI is InChI=1S/C25H32Cl2N2O2S/c1-6-22(24(31)28-25(3,4)5)29(16-18-9-10-19(26)15-21(18)27)23(30)13-14-32-20-11-7-17(2)8-12-20/h7-12,15,22H,6,13-14,16H2,1-5H3,(H,28,31)/t22-/m0/s1. The van der Waals surface area contributed by atoms with Gasteiger partial charge in [0, 0.05) is 39.2 Å². The minimum Gasteiger partial charge on any atom is -0.350 e. The van der Waals surface area contributed by atoms with E-state index in [9.17, 15) is 9.59 Å². The molecule has 1 N–H and O–H groups in total. The van der Waals surface area contributed by atoms with E-state index in [4.69, 9.17) is 23.2 Å². The molecule has 2 amide bonds. The van der Waals surface area contributed by atoms with Gasteiger partial charge < -0.3 is 10.2 Å². The Kier molecular flexibility index (Phi) is 9.93. The lowest BCUT2D eigenvalue weighted by atomic mass is 10.1. The van der Waals surface area contributed by atoms with Crippen LogP contribution in [0.25, 0.3) is 0 Å².